The van der Waals surface area contributed by atoms with Gasteiger partial charge < -0.3 is 24.3 Å². The standard InChI is InChI=1S/C19H23NO5/c1-13(2)25-18-8-6-5-7-17(18)20-19(21)12-24-16-10-14(22-3)9-15(11-16)23-4/h5-11,13H,12H2,1-4H3,(H,20,21). The molecular weight excluding hydrogens is 322 g/mol. The number of carbonyl (C=O) groups is 1. The minimum atomic E-state index is -0.290. The van der Waals surface area contributed by atoms with Crippen LogP contribution in [-0.2, 0) is 4.79 Å². The summed E-state index contributed by atoms with van der Waals surface area (Å²) in [4.78, 5) is 12.2. The zero-order valence-corrected chi connectivity index (χ0v) is 14.9. The summed E-state index contributed by atoms with van der Waals surface area (Å²) in [5.74, 6) is 1.99. The molecule has 1 amide bonds. The summed E-state index contributed by atoms with van der Waals surface area (Å²) < 4.78 is 21.6. The number of para-hydroxylation sites is 2. The average molecular weight is 345 g/mol. The largest absolute Gasteiger partial charge is 0.496 e. The van der Waals surface area contributed by atoms with Crippen molar-refractivity contribution in [3.05, 3.63) is 42.5 Å². The van der Waals surface area contributed by atoms with Crippen LogP contribution in [0, 0.1) is 0 Å². The number of anilines is 1. The highest BCUT2D eigenvalue weighted by atomic mass is 16.5. The van der Waals surface area contributed by atoms with Crippen LogP contribution >= 0.6 is 0 Å². The molecule has 0 fully saturated rings. The maximum Gasteiger partial charge on any atom is 0.262 e. The first-order chi connectivity index (χ1) is 12.0. The molecule has 6 heteroatoms. The van der Waals surface area contributed by atoms with Gasteiger partial charge in [0.05, 0.1) is 26.0 Å². The first-order valence-corrected chi connectivity index (χ1v) is 7.93. The second-order valence-electron chi connectivity index (χ2n) is 5.55. The second-order valence-corrected chi connectivity index (χ2v) is 5.55. The number of rotatable bonds is 8. The van der Waals surface area contributed by atoms with Crippen molar-refractivity contribution in [2.45, 2.75) is 20.0 Å². The summed E-state index contributed by atoms with van der Waals surface area (Å²) >= 11 is 0. The zero-order valence-electron chi connectivity index (χ0n) is 14.9. The van der Waals surface area contributed by atoms with Gasteiger partial charge in [-0.2, -0.15) is 0 Å². The van der Waals surface area contributed by atoms with Crippen molar-refractivity contribution >= 4 is 11.6 Å². The second kappa shape index (κ2) is 8.82. The zero-order chi connectivity index (χ0) is 18.2. The molecule has 0 radical (unpaired) electrons. The molecule has 0 aromatic heterocycles. The molecule has 0 atom stereocenters. The highest BCUT2D eigenvalue weighted by Crippen LogP contribution is 2.28. The first-order valence-electron chi connectivity index (χ1n) is 7.93. The third-order valence-electron chi connectivity index (χ3n) is 3.22. The van der Waals surface area contributed by atoms with E-state index in [4.69, 9.17) is 18.9 Å². The van der Waals surface area contributed by atoms with E-state index in [0.717, 1.165) is 0 Å². The molecule has 1 N–H and O–H groups in total. The normalized spacial score (nSPS) is 10.3. The monoisotopic (exact) mass is 345 g/mol. The van der Waals surface area contributed by atoms with Gasteiger partial charge in [0.1, 0.15) is 23.0 Å². The smallest absolute Gasteiger partial charge is 0.262 e. The Hall–Kier alpha value is -2.89. The van der Waals surface area contributed by atoms with Crippen LogP contribution in [0.1, 0.15) is 13.8 Å². The number of benzene rings is 2. The molecule has 0 saturated heterocycles. The quantitative estimate of drug-likeness (QED) is 0.793. The predicted octanol–water partition coefficient (Wildman–Crippen LogP) is 3.51. The number of methoxy groups -OCH3 is 2. The van der Waals surface area contributed by atoms with E-state index < -0.39 is 0 Å². The molecule has 134 valence electrons. The van der Waals surface area contributed by atoms with Crippen LogP contribution in [-0.4, -0.2) is 32.8 Å². The number of hydrogen-bond donors (Lipinski definition) is 1. The Bertz CT molecular complexity index is 692. The van der Waals surface area contributed by atoms with Gasteiger partial charge in [-0.05, 0) is 26.0 Å². The van der Waals surface area contributed by atoms with Crippen molar-refractivity contribution in [2.24, 2.45) is 0 Å². The third kappa shape index (κ3) is 5.60. The Morgan fingerprint density at radius 1 is 1.00 bits per heavy atom. The van der Waals surface area contributed by atoms with Crippen LogP contribution in [0.2, 0.25) is 0 Å². The van der Waals surface area contributed by atoms with Gasteiger partial charge in [-0.3, -0.25) is 4.79 Å². The number of ether oxygens (including phenoxy) is 4. The van der Waals surface area contributed by atoms with E-state index in [-0.39, 0.29) is 18.6 Å². The van der Waals surface area contributed by atoms with E-state index in [1.165, 1.54) is 0 Å². The van der Waals surface area contributed by atoms with E-state index in [9.17, 15) is 4.79 Å². The Morgan fingerprint density at radius 3 is 2.20 bits per heavy atom. The molecule has 0 aliphatic carbocycles. The molecule has 0 bridgehead atoms. The molecule has 25 heavy (non-hydrogen) atoms. The van der Waals surface area contributed by atoms with Crippen molar-refractivity contribution in [1.29, 1.82) is 0 Å². The van der Waals surface area contributed by atoms with Crippen LogP contribution in [0.25, 0.3) is 0 Å². The Balaban J connectivity index is 2.00. The lowest BCUT2D eigenvalue weighted by Gasteiger charge is -2.15. The van der Waals surface area contributed by atoms with Crippen molar-refractivity contribution in [2.75, 3.05) is 26.1 Å². The van der Waals surface area contributed by atoms with E-state index in [2.05, 4.69) is 5.32 Å². The van der Waals surface area contributed by atoms with Gasteiger partial charge in [0, 0.05) is 18.2 Å². The average Bonchev–Trinajstić information content (AvgIpc) is 2.61. The topological polar surface area (TPSA) is 66.0 Å². The van der Waals surface area contributed by atoms with Gasteiger partial charge in [0.2, 0.25) is 0 Å². The highest BCUT2D eigenvalue weighted by molar-refractivity contribution is 5.93. The number of nitrogens with one attached hydrogen (secondary N) is 1. The van der Waals surface area contributed by atoms with Crippen molar-refractivity contribution in [3.63, 3.8) is 0 Å². The maximum atomic E-state index is 12.2. The Morgan fingerprint density at radius 2 is 1.60 bits per heavy atom. The van der Waals surface area contributed by atoms with Crippen molar-refractivity contribution in [1.82, 2.24) is 0 Å². The van der Waals surface area contributed by atoms with Gasteiger partial charge in [-0.25, -0.2) is 0 Å². The summed E-state index contributed by atoms with van der Waals surface area (Å²) in [6.07, 6.45) is 0.0125. The molecule has 0 heterocycles. The molecule has 2 aromatic carbocycles. The van der Waals surface area contributed by atoms with Crippen LogP contribution in [0.3, 0.4) is 0 Å². The number of carbonyl (C=O) groups excluding carboxylic acids is 1. The molecule has 2 rings (SSSR count). The maximum absolute atomic E-state index is 12.2. The van der Waals surface area contributed by atoms with Crippen molar-refractivity contribution < 1.29 is 23.7 Å². The fourth-order valence-corrected chi connectivity index (χ4v) is 2.13. The van der Waals surface area contributed by atoms with Gasteiger partial charge in [-0.1, -0.05) is 12.1 Å². The lowest BCUT2D eigenvalue weighted by molar-refractivity contribution is -0.118. The molecule has 2 aromatic rings. The van der Waals surface area contributed by atoms with Crippen LogP contribution in [0.4, 0.5) is 5.69 Å². The third-order valence-corrected chi connectivity index (χ3v) is 3.22. The van der Waals surface area contributed by atoms with Crippen LogP contribution in [0.5, 0.6) is 23.0 Å². The van der Waals surface area contributed by atoms with E-state index in [0.29, 0.717) is 28.7 Å². The predicted molar refractivity (Wildman–Crippen MR) is 95.9 cm³/mol. The first kappa shape index (κ1) is 18.4. The van der Waals surface area contributed by atoms with E-state index >= 15 is 0 Å². The molecule has 0 saturated carbocycles. The lowest BCUT2D eigenvalue weighted by atomic mass is 10.3. The van der Waals surface area contributed by atoms with Crippen LogP contribution in [0.15, 0.2) is 42.5 Å². The molecule has 0 unspecified atom stereocenters. The number of hydrogen-bond acceptors (Lipinski definition) is 5. The summed E-state index contributed by atoms with van der Waals surface area (Å²) in [6, 6.07) is 12.4. The minimum Gasteiger partial charge on any atom is -0.496 e. The Labute approximate surface area is 147 Å². The van der Waals surface area contributed by atoms with E-state index in [1.807, 2.05) is 32.0 Å². The van der Waals surface area contributed by atoms with Crippen LogP contribution < -0.4 is 24.3 Å². The Kier molecular flexibility index (Phi) is 6.51. The molecule has 0 aliphatic heterocycles. The van der Waals surface area contributed by atoms with E-state index in [1.54, 1.807) is 38.5 Å². The minimum absolute atomic E-state index is 0.0125. The van der Waals surface area contributed by atoms with Crippen molar-refractivity contribution in [3.8, 4) is 23.0 Å². The molecule has 0 aliphatic rings. The van der Waals surface area contributed by atoms with Gasteiger partial charge in [0.25, 0.3) is 5.91 Å². The summed E-state index contributed by atoms with van der Waals surface area (Å²) in [5.41, 5.74) is 0.605. The summed E-state index contributed by atoms with van der Waals surface area (Å²) in [5, 5.41) is 2.79. The molecular formula is C19H23NO5. The molecule has 0 spiro atoms. The molecule has 6 nitrogen and oxygen atoms in total. The van der Waals surface area contributed by atoms with Gasteiger partial charge >= 0.3 is 0 Å². The fourth-order valence-electron chi connectivity index (χ4n) is 2.13. The SMILES string of the molecule is COc1cc(OC)cc(OCC(=O)Nc2ccccc2OC(C)C)c1. The summed E-state index contributed by atoms with van der Waals surface area (Å²) in [6.45, 7) is 3.71. The fraction of sp³-hybridized carbons (Fsp3) is 0.316. The summed E-state index contributed by atoms with van der Waals surface area (Å²) in [7, 11) is 3.10. The number of amides is 1. The highest BCUT2D eigenvalue weighted by Gasteiger charge is 2.10. The van der Waals surface area contributed by atoms with Gasteiger partial charge in [0.15, 0.2) is 6.61 Å². The van der Waals surface area contributed by atoms with Gasteiger partial charge in [-0.15, -0.1) is 0 Å². The lowest BCUT2D eigenvalue weighted by Crippen LogP contribution is -2.21.